The van der Waals surface area contributed by atoms with Gasteiger partial charge in [-0.3, -0.25) is 0 Å². The first-order valence-electron chi connectivity index (χ1n) is 3.07. The number of anilines is 1. The standard InChI is InChI=1S/C5H9N3O3S/c1-8-3-4(7-5(8)6)11-12(2,9)10/h3H,1-2H3,(H2,6,7). The van der Waals surface area contributed by atoms with Gasteiger partial charge in [-0.05, 0) is 0 Å². The number of nitrogens with zero attached hydrogens (tertiary/aromatic N) is 2. The van der Waals surface area contributed by atoms with E-state index in [2.05, 4.69) is 9.17 Å². The van der Waals surface area contributed by atoms with Crippen LogP contribution < -0.4 is 9.92 Å². The summed E-state index contributed by atoms with van der Waals surface area (Å²) in [4.78, 5) is 3.63. The van der Waals surface area contributed by atoms with E-state index in [-0.39, 0.29) is 11.8 Å². The molecule has 0 aromatic carbocycles. The van der Waals surface area contributed by atoms with Gasteiger partial charge in [0.25, 0.3) is 5.88 Å². The van der Waals surface area contributed by atoms with Crippen molar-refractivity contribution >= 4 is 16.1 Å². The summed E-state index contributed by atoms with van der Waals surface area (Å²) in [7, 11) is -1.88. The van der Waals surface area contributed by atoms with Crippen molar-refractivity contribution in [3.63, 3.8) is 0 Å². The van der Waals surface area contributed by atoms with Crippen molar-refractivity contribution in [1.82, 2.24) is 9.55 Å². The molecule has 0 saturated carbocycles. The van der Waals surface area contributed by atoms with E-state index in [9.17, 15) is 8.42 Å². The van der Waals surface area contributed by atoms with E-state index in [1.807, 2.05) is 0 Å². The Morgan fingerprint density at radius 3 is 2.58 bits per heavy atom. The third kappa shape index (κ3) is 2.12. The van der Waals surface area contributed by atoms with Gasteiger partial charge in [-0.2, -0.15) is 13.4 Å². The van der Waals surface area contributed by atoms with Gasteiger partial charge in [0.2, 0.25) is 5.95 Å². The van der Waals surface area contributed by atoms with Crippen LogP contribution in [0.2, 0.25) is 0 Å². The third-order valence-corrected chi connectivity index (χ3v) is 1.60. The van der Waals surface area contributed by atoms with E-state index in [4.69, 9.17) is 5.73 Å². The average molecular weight is 191 g/mol. The zero-order valence-electron chi connectivity index (χ0n) is 6.68. The van der Waals surface area contributed by atoms with Crippen molar-refractivity contribution in [3.05, 3.63) is 6.20 Å². The number of imidazole rings is 1. The molecular weight excluding hydrogens is 182 g/mol. The fourth-order valence-corrected chi connectivity index (χ4v) is 1.04. The van der Waals surface area contributed by atoms with Gasteiger partial charge in [0.05, 0.1) is 12.5 Å². The summed E-state index contributed by atoms with van der Waals surface area (Å²) in [6.45, 7) is 0. The van der Waals surface area contributed by atoms with Gasteiger partial charge in [0.15, 0.2) is 0 Å². The molecule has 0 aliphatic heterocycles. The highest BCUT2D eigenvalue weighted by Gasteiger charge is 2.08. The molecule has 0 aliphatic carbocycles. The summed E-state index contributed by atoms with van der Waals surface area (Å²) in [6.07, 6.45) is 2.33. The number of rotatable bonds is 2. The second kappa shape index (κ2) is 2.67. The summed E-state index contributed by atoms with van der Waals surface area (Å²) < 4.78 is 27.1. The quantitative estimate of drug-likeness (QED) is 0.627. The lowest BCUT2D eigenvalue weighted by Gasteiger charge is -1.94. The van der Waals surface area contributed by atoms with Crippen LogP contribution in [-0.2, 0) is 17.2 Å². The maximum absolute atomic E-state index is 10.6. The third-order valence-electron chi connectivity index (χ3n) is 1.13. The van der Waals surface area contributed by atoms with E-state index in [0.29, 0.717) is 0 Å². The van der Waals surface area contributed by atoms with Crippen molar-refractivity contribution < 1.29 is 12.6 Å². The molecule has 6 nitrogen and oxygen atoms in total. The molecule has 1 aromatic rings. The highest BCUT2D eigenvalue weighted by atomic mass is 32.2. The van der Waals surface area contributed by atoms with Crippen molar-refractivity contribution in [2.75, 3.05) is 12.0 Å². The summed E-state index contributed by atoms with van der Waals surface area (Å²) in [5.74, 6) is 0.186. The van der Waals surface area contributed by atoms with Gasteiger partial charge in [0.1, 0.15) is 0 Å². The molecule has 0 fully saturated rings. The van der Waals surface area contributed by atoms with Crippen molar-refractivity contribution in [1.29, 1.82) is 0 Å². The second-order valence-corrected chi connectivity index (χ2v) is 3.91. The first-order chi connectivity index (χ1) is 5.38. The normalized spacial score (nSPS) is 11.5. The minimum Gasteiger partial charge on any atom is -0.369 e. The van der Waals surface area contributed by atoms with E-state index >= 15 is 0 Å². The molecule has 0 saturated heterocycles. The fraction of sp³-hybridized carbons (Fsp3) is 0.400. The molecule has 0 radical (unpaired) electrons. The first kappa shape index (κ1) is 8.85. The Morgan fingerprint density at radius 1 is 1.67 bits per heavy atom. The summed E-state index contributed by atoms with van der Waals surface area (Å²) in [5.41, 5.74) is 5.34. The van der Waals surface area contributed by atoms with Gasteiger partial charge >= 0.3 is 10.1 Å². The van der Waals surface area contributed by atoms with Crippen LogP contribution in [0.3, 0.4) is 0 Å². The Morgan fingerprint density at radius 2 is 2.25 bits per heavy atom. The zero-order chi connectivity index (χ0) is 9.35. The SMILES string of the molecule is Cn1cc(OS(C)(=O)=O)nc1N. The topological polar surface area (TPSA) is 87.2 Å². The first-order valence-corrected chi connectivity index (χ1v) is 4.88. The van der Waals surface area contributed by atoms with Gasteiger partial charge in [0, 0.05) is 7.05 Å². The Labute approximate surface area is 70.1 Å². The molecule has 0 atom stereocenters. The molecule has 2 N–H and O–H groups in total. The minimum atomic E-state index is -3.51. The molecule has 1 heterocycles. The monoisotopic (exact) mass is 191 g/mol. The van der Waals surface area contributed by atoms with Crippen LogP contribution in [0.4, 0.5) is 5.95 Å². The van der Waals surface area contributed by atoms with Gasteiger partial charge < -0.3 is 14.5 Å². The minimum absolute atomic E-state index is 0.0162. The molecule has 1 rings (SSSR count). The Kier molecular flexibility index (Phi) is 1.97. The molecule has 0 spiro atoms. The Hall–Kier alpha value is -1.24. The molecular formula is C5H9N3O3S. The lowest BCUT2D eigenvalue weighted by molar-refractivity contribution is 0.484. The molecule has 0 aliphatic rings. The lowest BCUT2D eigenvalue weighted by atomic mass is 10.8. The van der Waals surface area contributed by atoms with Crippen LogP contribution in [0.1, 0.15) is 0 Å². The van der Waals surface area contributed by atoms with Crippen LogP contribution in [0.15, 0.2) is 6.20 Å². The molecule has 1 aromatic heterocycles. The van der Waals surface area contributed by atoms with Gasteiger partial charge in [-0.25, -0.2) is 0 Å². The van der Waals surface area contributed by atoms with E-state index in [0.717, 1.165) is 6.26 Å². The fourth-order valence-electron chi connectivity index (χ4n) is 0.648. The van der Waals surface area contributed by atoms with E-state index < -0.39 is 10.1 Å². The van der Waals surface area contributed by atoms with Crippen LogP contribution in [0.25, 0.3) is 0 Å². The molecule has 0 unspecified atom stereocenters. The molecule has 0 amide bonds. The predicted octanol–water partition coefficient (Wildman–Crippen LogP) is -0.659. The van der Waals surface area contributed by atoms with Crippen molar-refractivity contribution in [2.24, 2.45) is 7.05 Å². The van der Waals surface area contributed by atoms with Crippen LogP contribution in [0.5, 0.6) is 5.88 Å². The summed E-state index contributed by atoms with van der Waals surface area (Å²) in [6, 6.07) is 0. The molecule has 12 heavy (non-hydrogen) atoms. The van der Waals surface area contributed by atoms with E-state index in [1.54, 1.807) is 7.05 Å². The average Bonchev–Trinajstić information content (AvgIpc) is 2.07. The summed E-state index contributed by atoms with van der Waals surface area (Å²) >= 11 is 0. The van der Waals surface area contributed by atoms with Crippen LogP contribution >= 0.6 is 0 Å². The van der Waals surface area contributed by atoms with Crippen molar-refractivity contribution in [3.8, 4) is 5.88 Å². The highest BCUT2D eigenvalue weighted by molar-refractivity contribution is 7.86. The van der Waals surface area contributed by atoms with Crippen LogP contribution in [0, 0.1) is 0 Å². The lowest BCUT2D eigenvalue weighted by Crippen LogP contribution is -2.05. The predicted molar refractivity (Wildman–Crippen MR) is 43.1 cm³/mol. The molecule has 0 bridgehead atoms. The van der Waals surface area contributed by atoms with Crippen molar-refractivity contribution in [2.45, 2.75) is 0 Å². The number of hydrogen-bond donors (Lipinski definition) is 1. The number of aromatic nitrogens is 2. The molecule has 68 valence electrons. The largest absolute Gasteiger partial charge is 0.369 e. The maximum Gasteiger partial charge on any atom is 0.307 e. The second-order valence-electron chi connectivity index (χ2n) is 2.34. The smallest absolute Gasteiger partial charge is 0.307 e. The van der Waals surface area contributed by atoms with Gasteiger partial charge in [-0.15, -0.1) is 0 Å². The Balaban J connectivity index is 2.92. The number of hydrogen-bond acceptors (Lipinski definition) is 5. The number of nitrogens with two attached hydrogens (primary N) is 1. The van der Waals surface area contributed by atoms with E-state index in [1.165, 1.54) is 10.8 Å². The van der Waals surface area contributed by atoms with Gasteiger partial charge in [-0.1, -0.05) is 0 Å². The molecule has 7 heteroatoms. The van der Waals surface area contributed by atoms with Crippen LogP contribution in [-0.4, -0.2) is 24.2 Å². The maximum atomic E-state index is 10.6. The highest BCUT2D eigenvalue weighted by Crippen LogP contribution is 2.11. The number of nitrogen functional groups attached to an aromatic ring is 1. The number of aryl methyl sites for hydroxylation is 1. The zero-order valence-corrected chi connectivity index (χ0v) is 7.50. The Bertz CT molecular complexity index is 361. The summed E-state index contributed by atoms with van der Waals surface area (Å²) in [5, 5.41) is 0.